The van der Waals surface area contributed by atoms with E-state index in [1.165, 1.54) is 0 Å². The first kappa shape index (κ1) is 15.4. The van der Waals surface area contributed by atoms with Gasteiger partial charge in [0.25, 0.3) is 0 Å². The second-order valence-electron chi connectivity index (χ2n) is 6.21. The van der Waals surface area contributed by atoms with Crippen LogP contribution in [0.1, 0.15) is 32.6 Å². The third-order valence-electron chi connectivity index (χ3n) is 4.69. The van der Waals surface area contributed by atoms with Crippen LogP contribution in [0.5, 0.6) is 0 Å². The number of rotatable bonds is 6. The molecule has 0 unspecified atom stereocenters. The summed E-state index contributed by atoms with van der Waals surface area (Å²) in [5, 5.41) is 7.21. The molecule has 122 valence electrons. The predicted molar refractivity (Wildman–Crippen MR) is 81.2 cm³/mol. The summed E-state index contributed by atoms with van der Waals surface area (Å²) in [5.41, 5.74) is 0. The first-order valence-electron chi connectivity index (χ1n) is 8.21. The average Bonchev–Trinajstić information content (AvgIpc) is 3.27. The molecule has 1 N–H and O–H groups in total. The molecule has 1 aromatic rings. The van der Waals surface area contributed by atoms with E-state index < -0.39 is 0 Å². The number of aromatic nitrogens is 3. The molecule has 1 aromatic heterocycles. The van der Waals surface area contributed by atoms with Gasteiger partial charge in [-0.1, -0.05) is 0 Å². The summed E-state index contributed by atoms with van der Waals surface area (Å²) in [6.45, 7) is 5.20. The summed E-state index contributed by atoms with van der Waals surface area (Å²) in [6, 6.07) is 0.239. The first-order valence-corrected chi connectivity index (χ1v) is 8.21. The maximum atomic E-state index is 12.4. The van der Waals surface area contributed by atoms with Crippen molar-refractivity contribution in [3.05, 3.63) is 12.7 Å². The minimum Gasteiger partial charge on any atom is -0.376 e. The fourth-order valence-electron chi connectivity index (χ4n) is 3.42. The highest BCUT2D eigenvalue weighted by Gasteiger charge is 2.32. The van der Waals surface area contributed by atoms with E-state index in [1.807, 2.05) is 11.6 Å². The van der Waals surface area contributed by atoms with Crippen LogP contribution in [0.2, 0.25) is 0 Å². The monoisotopic (exact) mass is 307 g/mol. The van der Waals surface area contributed by atoms with Crippen LogP contribution in [0.25, 0.3) is 0 Å². The lowest BCUT2D eigenvalue weighted by Crippen LogP contribution is -2.49. The Balaban J connectivity index is 1.50. The zero-order valence-electron chi connectivity index (χ0n) is 13.1. The number of hydrogen-bond acceptors (Lipinski definition) is 5. The van der Waals surface area contributed by atoms with Gasteiger partial charge in [0.05, 0.1) is 18.7 Å². The second kappa shape index (κ2) is 7.19. The van der Waals surface area contributed by atoms with Crippen LogP contribution in [0, 0.1) is 0 Å². The Morgan fingerprint density at radius 3 is 3.09 bits per heavy atom. The molecule has 0 aromatic carbocycles. The topological polar surface area (TPSA) is 72.3 Å². The van der Waals surface area contributed by atoms with Crippen molar-refractivity contribution in [1.82, 2.24) is 25.0 Å². The number of nitrogens with zero attached hydrogens (tertiary/aromatic N) is 4. The summed E-state index contributed by atoms with van der Waals surface area (Å²) in [4.78, 5) is 18.7. The number of ether oxygens (including phenoxy) is 1. The van der Waals surface area contributed by atoms with E-state index in [4.69, 9.17) is 4.74 Å². The molecule has 0 bridgehead atoms. The number of nitrogens with one attached hydrogen (secondary N) is 1. The van der Waals surface area contributed by atoms with Crippen molar-refractivity contribution in [1.29, 1.82) is 0 Å². The maximum Gasteiger partial charge on any atom is 0.237 e. The molecule has 2 aliphatic rings. The Morgan fingerprint density at radius 2 is 2.36 bits per heavy atom. The van der Waals surface area contributed by atoms with E-state index in [-0.39, 0.29) is 18.1 Å². The highest BCUT2D eigenvalue weighted by molar-refractivity contribution is 5.81. The van der Waals surface area contributed by atoms with Gasteiger partial charge < -0.3 is 10.1 Å². The van der Waals surface area contributed by atoms with Gasteiger partial charge in [-0.3, -0.25) is 14.4 Å². The molecule has 2 fully saturated rings. The molecule has 2 aliphatic heterocycles. The third-order valence-corrected chi connectivity index (χ3v) is 4.69. The normalized spacial score (nSPS) is 27.1. The lowest BCUT2D eigenvalue weighted by Gasteiger charge is -2.30. The van der Waals surface area contributed by atoms with Gasteiger partial charge in [-0.2, -0.15) is 5.10 Å². The zero-order chi connectivity index (χ0) is 15.4. The zero-order valence-corrected chi connectivity index (χ0v) is 13.1. The van der Waals surface area contributed by atoms with Crippen molar-refractivity contribution in [3.8, 4) is 0 Å². The standard InChI is InChI=1S/C15H25N5O2/c1-12(15(21)17-8-14-5-3-7-22-14)20-6-2-4-13(20)9-19-11-16-10-18-19/h10-14H,2-9H2,1H3,(H,17,21)/t12-,13+,14+/m1/s1. The fourth-order valence-corrected chi connectivity index (χ4v) is 3.42. The number of carbonyl (C=O) groups excluding carboxylic acids is 1. The number of amides is 1. The van der Waals surface area contributed by atoms with E-state index in [0.29, 0.717) is 12.6 Å². The number of carbonyl (C=O) groups is 1. The molecule has 22 heavy (non-hydrogen) atoms. The molecule has 7 nitrogen and oxygen atoms in total. The van der Waals surface area contributed by atoms with Crippen molar-refractivity contribution in [2.75, 3.05) is 19.7 Å². The van der Waals surface area contributed by atoms with Crippen LogP contribution in [-0.2, 0) is 16.1 Å². The van der Waals surface area contributed by atoms with Crippen molar-refractivity contribution in [2.24, 2.45) is 0 Å². The Bertz CT molecular complexity index is 472. The summed E-state index contributed by atoms with van der Waals surface area (Å²) >= 11 is 0. The van der Waals surface area contributed by atoms with Crippen molar-refractivity contribution < 1.29 is 9.53 Å². The van der Waals surface area contributed by atoms with Crippen LogP contribution >= 0.6 is 0 Å². The quantitative estimate of drug-likeness (QED) is 0.825. The van der Waals surface area contributed by atoms with Crippen LogP contribution in [-0.4, -0.2) is 63.5 Å². The Labute approximate surface area is 131 Å². The Hall–Kier alpha value is -1.47. The smallest absolute Gasteiger partial charge is 0.237 e. The third kappa shape index (κ3) is 3.64. The van der Waals surface area contributed by atoms with Gasteiger partial charge in [0.2, 0.25) is 5.91 Å². The molecular formula is C15H25N5O2. The average molecular weight is 307 g/mol. The molecule has 0 radical (unpaired) electrons. The van der Waals surface area contributed by atoms with Crippen molar-refractivity contribution in [2.45, 2.75) is 57.3 Å². The van der Waals surface area contributed by atoms with Crippen LogP contribution in [0.3, 0.4) is 0 Å². The second-order valence-corrected chi connectivity index (χ2v) is 6.21. The molecule has 2 saturated heterocycles. The molecule has 0 saturated carbocycles. The van der Waals surface area contributed by atoms with E-state index in [0.717, 1.165) is 45.4 Å². The highest BCUT2D eigenvalue weighted by atomic mass is 16.5. The van der Waals surface area contributed by atoms with Gasteiger partial charge in [0.15, 0.2) is 0 Å². The van der Waals surface area contributed by atoms with Gasteiger partial charge in [0.1, 0.15) is 12.7 Å². The van der Waals surface area contributed by atoms with Crippen LogP contribution < -0.4 is 5.32 Å². The maximum absolute atomic E-state index is 12.4. The van der Waals surface area contributed by atoms with Crippen LogP contribution in [0.4, 0.5) is 0 Å². The van der Waals surface area contributed by atoms with E-state index >= 15 is 0 Å². The highest BCUT2D eigenvalue weighted by Crippen LogP contribution is 2.21. The molecular weight excluding hydrogens is 282 g/mol. The van der Waals surface area contributed by atoms with Crippen molar-refractivity contribution in [3.63, 3.8) is 0 Å². The molecule has 1 amide bonds. The summed E-state index contributed by atoms with van der Waals surface area (Å²) in [7, 11) is 0. The van der Waals surface area contributed by atoms with E-state index in [1.54, 1.807) is 12.7 Å². The molecule has 3 heterocycles. The minimum absolute atomic E-state index is 0.0981. The van der Waals surface area contributed by atoms with Crippen LogP contribution in [0.15, 0.2) is 12.7 Å². The number of hydrogen-bond donors (Lipinski definition) is 1. The lowest BCUT2D eigenvalue weighted by molar-refractivity contribution is -0.126. The molecule has 3 rings (SSSR count). The minimum atomic E-state index is -0.113. The summed E-state index contributed by atoms with van der Waals surface area (Å²) < 4.78 is 7.40. The number of likely N-dealkylation sites (tertiary alicyclic amines) is 1. The first-order chi connectivity index (χ1) is 10.7. The summed E-state index contributed by atoms with van der Waals surface area (Å²) in [6.07, 6.45) is 7.86. The largest absolute Gasteiger partial charge is 0.376 e. The Morgan fingerprint density at radius 1 is 1.45 bits per heavy atom. The van der Waals surface area contributed by atoms with Gasteiger partial charge >= 0.3 is 0 Å². The molecule has 0 spiro atoms. The van der Waals surface area contributed by atoms with E-state index in [9.17, 15) is 4.79 Å². The molecule has 7 heteroatoms. The Kier molecular flexibility index (Phi) is 5.04. The molecule has 0 aliphatic carbocycles. The van der Waals surface area contributed by atoms with Gasteiger partial charge in [-0.05, 0) is 39.2 Å². The van der Waals surface area contributed by atoms with Gasteiger partial charge in [-0.15, -0.1) is 0 Å². The summed E-state index contributed by atoms with van der Waals surface area (Å²) in [5.74, 6) is 0.0981. The van der Waals surface area contributed by atoms with Crippen molar-refractivity contribution >= 4 is 5.91 Å². The predicted octanol–water partition coefficient (Wildman–Crippen LogP) is 0.426. The van der Waals surface area contributed by atoms with E-state index in [2.05, 4.69) is 20.3 Å². The molecule has 3 atom stereocenters. The van der Waals surface area contributed by atoms with Gasteiger partial charge in [-0.25, -0.2) is 4.98 Å². The lowest BCUT2D eigenvalue weighted by atomic mass is 10.2. The fraction of sp³-hybridized carbons (Fsp3) is 0.800. The SMILES string of the molecule is C[C@H](C(=O)NC[C@@H]1CCCO1)N1CCC[C@H]1Cn1cncn1. The van der Waals surface area contributed by atoms with Gasteiger partial charge in [0, 0.05) is 19.2 Å².